The van der Waals surface area contributed by atoms with Gasteiger partial charge in [-0.15, -0.1) is 11.8 Å². The smallest absolute Gasteiger partial charge is 0.326 e. The summed E-state index contributed by atoms with van der Waals surface area (Å²) in [6.07, 6.45) is 2.13. The van der Waals surface area contributed by atoms with Crippen LogP contribution in [0.4, 0.5) is 16.2 Å². The van der Waals surface area contributed by atoms with Crippen molar-refractivity contribution in [1.29, 1.82) is 0 Å². The fraction of sp³-hybridized carbons (Fsp3) is 0.381. The van der Waals surface area contributed by atoms with Crippen molar-refractivity contribution in [3.63, 3.8) is 0 Å². The molecule has 3 amide bonds. The molecule has 8 heteroatoms. The van der Waals surface area contributed by atoms with Crippen molar-refractivity contribution < 1.29 is 9.59 Å². The fourth-order valence-corrected chi connectivity index (χ4v) is 4.43. The number of hydrogen-bond acceptors (Lipinski definition) is 5. The summed E-state index contributed by atoms with van der Waals surface area (Å²) in [6.45, 7) is 4.06. The molecule has 1 N–H and O–H groups in total. The topological polar surface area (TPSA) is 68.8 Å². The molecule has 4 rings (SSSR count). The van der Waals surface area contributed by atoms with Crippen molar-refractivity contribution >= 4 is 35.1 Å². The minimum absolute atomic E-state index is 0.157. The average Bonchev–Trinajstić information content (AvgIpc) is 2.75. The SMILES string of the molecule is CN1CCN(C(=O)Cc2ccc(NC(=O)N3CCSc4ncccc43)cc2)CC1. The normalized spacial score (nSPS) is 17.0. The Morgan fingerprint density at radius 3 is 2.59 bits per heavy atom. The summed E-state index contributed by atoms with van der Waals surface area (Å²) in [4.78, 5) is 35.5. The number of benzene rings is 1. The number of rotatable bonds is 3. The van der Waals surface area contributed by atoms with Gasteiger partial charge in [-0.2, -0.15) is 0 Å². The van der Waals surface area contributed by atoms with Gasteiger partial charge >= 0.3 is 6.03 Å². The standard InChI is InChI=1S/C21H25N5O2S/c1-24-9-11-25(12-10-24)19(27)15-16-4-6-17(7-5-16)23-21(28)26-13-14-29-20-18(26)3-2-8-22-20/h2-8H,9-15H2,1H3,(H,23,28). The zero-order valence-electron chi connectivity index (χ0n) is 16.5. The van der Waals surface area contributed by atoms with Gasteiger partial charge in [0.25, 0.3) is 0 Å². The largest absolute Gasteiger partial charge is 0.340 e. The zero-order valence-corrected chi connectivity index (χ0v) is 17.3. The van der Waals surface area contributed by atoms with E-state index in [-0.39, 0.29) is 11.9 Å². The molecule has 2 aliphatic rings. The summed E-state index contributed by atoms with van der Waals surface area (Å²) in [5.41, 5.74) is 2.51. The first-order valence-electron chi connectivity index (χ1n) is 9.82. The summed E-state index contributed by atoms with van der Waals surface area (Å²) in [5, 5.41) is 3.83. The number of amides is 3. The minimum Gasteiger partial charge on any atom is -0.340 e. The van der Waals surface area contributed by atoms with E-state index in [2.05, 4.69) is 22.2 Å². The van der Waals surface area contributed by atoms with Gasteiger partial charge < -0.3 is 15.1 Å². The number of nitrogens with zero attached hydrogens (tertiary/aromatic N) is 4. The van der Waals surface area contributed by atoms with E-state index < -0.39 is 0 Å². The van der Waals surface area contributed by atoms with Crippen LogP contribution in [0.2, 0.25) is 0 Å². The third-order valence-electron chi connectivity index (χ3n) is 5.26. The van der Waals surface area contributed by atoms with Gasteiger partial charge in [0.1, 0.15) is 5.03 Å². The molecule has 0 radical (unpaired) electrons. The third kappa shape index (κ3) is 4.71. The van der Waals surface area contributed by atoms with Gasteiger partial charge in [-0.1, -0.05) is 12.1 Å². The van der Waals surface area contributed by atoms with E-state index in [0.29, 0.717) is 13.0 Å². The van der Waals surface area contributed by atoms with Crippen LogP contribution in [0.15, 0.2) is 47.6 Å². The first-order chi connectivity index (χ1) is 14.1. The van der Waals surface area contributed by atoms with E-state index >= 15 is 0 Å². The molecule has 2 aliphatic heterocycles. The first kappa shape index (κ1) is 19.7. The molecular weight excluding hydrogens is 386 g/mol. The quantitative estimate of drug-likeness (QED) is 0.841. The van der Waals surface area contributed by atoms with Crippen LogP contribution in [0.3, 0.4) is 0 Å². The van der Waals surface area contributed by atoms with Crippen LogP contribution in [0.1, 0.15) is 5.56 Å². The van der Waals surface area contributed by atoms with E-state index in [4.69, 9.17) is 0 Å². The molecule has 0 bridgehead atoms. The molecule has 0 spiro atoms. The lowest BCUT2D eigenvalue weighted by atomic mass is 10.1. The number of fused-ring (bicyclic) bond motifs is 1. The van der Waals surface area contributed by atoms with Gasteiger partial charge in [-0.3, -0.25) is 9.69 Å². The second kappa shape index (κ2) is 8.84. The molecule has 1 aromatic heterocycles. The molecule has 0 atom stereocenters. The second-order valence-electron chi connectivity index (χ2n) is 7.32. The molecule has 0 aliphatic carbocycles. The Bertz CT molecular complexity index is 881. The highest BCUT2D eigenvalue weighted by Gasteiger charge is 2.24. The van der Waals surface area contributed by atoms with Crippen molar-refractivity contribution in [2.45, 2.75) is 11.4 Å². The number of hydrogen-bond donors (Lipinski definition) is 1. The molecule has 1 aromatic carbocycles. The summed E-state index contributed by atoms with van der Waals surface area (Å²) >= 11 is 1.66. The Kier molecular flexibility index (Phi) is 6.01. The Morgan fingerprint density at radius 2 is 1.83 bits per heavy atom. The summed E-state index contributed by atoms with van der Waals surface area (Å²) in [6, 6.07) is 11.1. The maximum Gasteiger partial charge on any atom is 0.326 e. The monoisotopic (exact) mass is 411 g/mol. The maximum absolute atomic E-state index is 12.7. The van der Waals surface area contributed by atoms with Gasteiger partial charge in [-0.05, 0) is 36.9 Å². The van der Waals surface area contributed by atoms with Crippen LogP contribution in [0.25, 0.3) is 0 Å². The Balaban J connectivity index is 1.35. The van der Waals surface area contributed by atoms with Crippen molar-refractivity contribution in [3.05, 3.63) is 48.2 Å². The van der Waals surface area contributed by atoms with E-state index in [1.165, 1.54) is 0 Å². The number of thioether (sulfide) groups is 1. The summed E-state index contributed by atoms with van der Waals surface area (Å²) in [5.74, 6) is 0.981. The van der Waals surface area contributed by atoms with Crippen LogP contribution in [0.5, 0.6) is 0 Å². The number of piperazine rings is 1. The van der Waals surface area contributed by atoms with Gasteiger partial charge in [0, 0.05) is 50.4 Å². The van der Waals surface area contributed by atoms with Crippen molar-refractivity contribution in [1.82, 2.24) is 14.8 Å². The number of carbonyl (C=O) groups is 2. The van der Waals surface area contributed by atoms with Gasteiger partial charge in [0.15, 0.2) is 0 Å². The first-order valence-corrected chi connectivity index (χ1v) is 10.8. The highest BCUT2D eigenvalue weighted by atomic mass is 32.2. The molecular formula is C21H25N5O2S. The lowest BCUT2D eigenvalue weighted by Crippen LogP contribution is -2.47. The van der Waals surface area contributed by atoms with Crippen LogP contribution >= 0.6 is 11.8 Å². The lowest BCUT2D eigenvalue weighted by Gasteiger charge is -2.32. The molecule has 3 heterocycles. The van der Waals surface area contributed by atoms with Crippen molar-refractivity contribution in [3.8, 4) is 0 Å². The van der Waals surface area contributed by atoms with E-state index in [1.807, 2.05) is 41.3 Å². The number of carbonyl (C=O) groups excluding carboxylic acids is 2. The predicted octanol–water partition coefficient (Wildman–Crippen LogP) is 2.54. The van der Waals surface area contributed by atoms with Crippen molar-refractivity contribution in [2.75, 3.05) is 55.7 Å². The molecule has 1 fully saturated rings. The van der Waals surface area contributed by atoms with Gasteiger partial charge in [-0.25, -0.2) is 9.78 Å². The minimum atomic E-state index is -0.166. The van der Waals surface area contributed by atoms with Crippen LogP contribution < -0.4 is 10.2 Å². The van der Waals surface area contributed by atoms with Crippen LogP contribution in [-0.4, -0.2) is 72.2 Å². The van der Waals surface area contributed by atoms with E-state index in [9.17, 15) is 9.59 Å². The molecule has 2 aromatic rings. The van der Waals surface area contributed by atoms with Gasteiger partial charge in [0.2, 0.25) is 5.91 Å². The number of pyridine rings is 1. The fourth-order valence-electron chi connectivity index (χ4n) is 3.50. The number of nitrogens with one attached hydrogen (secondary N) is 1. The Labute approximate surface area is 175 Å². The highest BCUT2D eigenvalue weighted by molar-refractivity contribution is 7.99. The summed E-state index contributed by atoms with van der Waals surface area (Å²) in [7, 11) is 2.08. The third-order valence-corrected chi connectivity index (χ3v) is 6.23. The van der Waals surface area contributed by atoms with Crippen LogP contribution in [0, 0.1) is 0 Å². The molecule has 1 saturated heterocycles. The molecule has 29 heavy (non-hydrogen) atoms. The lowest BCUT2D eigenvalue weighted by molar-refractivity contribution is -0.132. The number of aromatic nitrogens is 1. The number of urea groups is 1. The molecule has 7 nitrogen and oxygen atoms in total. The van der Waals surface area contributed by atoms with Crippen LogP contribution in [-0.2, 0) is 11.2 Å². The number of likely N-dealkylation sites (N-methyl/N-ethyl adjacent to an activating group) is 1. The molecule has 0 saturated carbocycles. The predicted molar refractivity (Wildman–Crippen MR) is 116 cm³/mol. The number of anilines is 2. The highest BCUT2D eigenvalue weighted by Crippen LogP contribution is 2.32. The average molecular weight is 412 g/mol. The van der Waals surface area contributed by atoms with Crippen molar-refractivity contribution in [2.24, 2.45) is 0 Å². The van der Waals surface area contributed by atoms with Gasteiger partial charge in [0.05, 0.1) is 12.1 Å². The second-order valence-corrected chi connectivity index (χ2v) is 8.40. The maximum atomic E-state index is 12.7. The Morgan fingerprint density at radius 1 is 1.07 bits per heavy atom. The van der Waals surface area contributed by atoms with E-state index in [0.717, 1.165) is 53.9 Å². The summed E-state index contributed by atoms with van der Waals surface area (Å²) < 4.78 is 0. The molecule has 0 unspecified atom stereocenters. The zero-order chi connectivity index (χ0) is 20.2. The molecule has 152 valence electrons. The van der Waals surface area contributed by atoms with E-state index in [1.54, 1.807) is 22.9 Å². The Hall–Kier alpha value is -2.58.